The van der Waals surface area contributed by atoms with Crippen LogP contribution in [0.25, 0.3) is 5.52 Å². The number of piperidine rings is 1. The van der Waals surface area contributed by atoms with Gasteiger partial charge in [-0.3, -0.25) is 19.1 Å². The van der Waals surface area contributed by atoms with Gasteiger partial charge in [0.25, 0.3) is 0 Å². The number of carbonyl (C=O) groups is 1. The molecule has 4 atom stereocenters. The molecule has 1 unspecified atom stereocenters. The second kappa shape index (κ2) is 6.50. The normalized spacial score (nSPS) is 26.3. The van der Waals surface area contributed by atoms with E-state index in [0.717, 1.165) is 11.3 Å². The van der Waals surface area contributed by atoms with Gasteiger partial charge >= 0.3 is 0 Å². The summed E-state index contributed by atoms with van der Waals surface area (Å²) in [4.78, 5) is 23.4. The van der Waals surface area contributed by atoms with Crippen molar-refractivity contribution in [2.24, 2.45) is 17.8 Å². The summed E-state index contributed by atoms with van der Waals surface area (Å²) in [5.41, 5.74) is -0.113. The molecule has 0 bridgehead atoms. The first-order valence-electron chi connectivity index (χ1n) is 9.76. The maximum absolute atomic E-state index is 12.9. The molecule has 8 heteroatoms. The van der Waals surface area contributed by atoms with Crippen molar-refractivity contribution in [1.82, 2.24) is 24.6 Å². The standard InChI is InChI=1S/C20H29N5O3/c1-19(2,3)28-18(27)24-10-13-14(11-24)15(13)16(26)23-20(4,5)17-22-9-12-8-21-6-7-25(12)17/h6-9,13-15,18,27H,10-11H2,1-5H3,(H,23,26)/t13-,14+,15+,18?. The second-order valence-corrected chi connectivity index (χ2v) is 9.43. The van der Waals surface area contributed by atoms with Crippen molar-refractivity contribution in [3.8, 4) is 0 Å². The van der Waals surface area contributed by atoms with Crippen molar-refractivity contribution in [2.75, 3.05) is 13.1 Å². The van der Waals surface area contributed by atoms with Gasteiger partial charge in [-0.25, -0.2) is 4.98 Å². The van der Waals surface area contributed by atoms with Crippen LogP contribution in [0.3, 0.4) is 0 Å². The zero-order valence-electron chi connectivity index (χ0n) is 17.1. The van der Waals surface area contributed by atoms with E-state index in [1.807, 2.05) is 50.1 Å². The summed E-state index contributed by atoms with van der Waals surface area (Å²) in [6.45, 7) is 11.0. The molecule has 1 aliphatic heterocycles. The van der Waals surface area contributed by atoms with Crippen LogP contribution in [0.2, 0.25) is 0 Å². The van der Waals surface area contributed by atoms with Crippen LogP contribution < -0.4 is 5.32 Å². The quantitative estimate of drug-likeness (QED) is 0.753. The third kappa shape index (κ3) is 3.52. The molecule has 152 valence electrons. The van der Waals surface area contributed by atoms with Crippen molar-refractivity contribution in [3.63, 3.8) is 0 Å². The van der Waals surface area contributed by atoms with E-state index < -0.39 is 17.6 Å². The Morgan fingerprint density at radius 1 is 1.25 bits per heavy atom. The molecule has 8 nitrogen and oxygen atoms in total. The number of rotatable bonds is 5. The van der Waals surface area contributed by atoms with Gasteiger partial charge in [-0.1, -0.05) is 0 Å². The summed E-state index contributed by atoms with van der Waals surface area (Å²) in [6, 6.07) is 0. The molecule has 1 aliphatic carbocycles. The number of likely N-dealkylation sites (tertiary alicyclic amines) is 1. The van der Waals surface area contributed by atoms with Crippen LogP contribution in [0.4, 0.5) is 0 Å². The largest absolute Gasteiger partial charge is 0.356 e. The van der Waals surface area contributed by atoms with Gasteiger partial charge in [-0.2, -0.15) is 0 Å². The number of hydrogen-bond donors (Lipinski definition) is 2. The van der Waals surface area contributed by atoms with Crippen LogP contribution in [0.1, 0.15) is 40.4 Å². The van der Waals surface area contributed by atoms with Gasteiger partial charge in [0.1, 0.15) is 5.82 Å². The zero-order valence-corrected chi connectivity index (χ0v) is 17.1. The van der Waals surface area contributed by atoms with Gasteiger partial charge < -0.3 is 15.2 Å². The Labute approximate surface area is 164 Å². The van der Waals surface area contributed by atoms with Gasteiger partial charge in [0, 0.05) is 31.4 Å². The number of aliphatic hydroxyl groups excluding tert-OH is 1. The third-order valence-corrected chi connectivity index (χ3v) is 5.63. The number of imidazole rings is 1. The lowest BCUT2D eigenvalue weighted by molar-refractivity contribution is -0.236. The molecule has 1 saturated carbocycles. The molecule has 2 aromatic rings. The van der Waals surface area contributed by atoms with E-state index in [2.05, 4.69) is 15.3 Å². The maximum atomic E-state index is 12.9. The predicted octanol–water partition coefficient (Wildman–Crippen LogP) is 1.35. The molecule has 0 aromatic carbocycles. The topological polar surface area (TPSA) is 92.0 Å². The monoisotopic (exact) mass is 387 g/mol. The molecular formula is C20H29N5O3. The lowest BCUT2D eigenvalue weighted by atomic mass is 10.0. The third-order valence-electron chi connectivity index (χ3n) is 5.63. The Hall–Kier alpha value is -2.03. The fourth-order valence-corrected chi connectivity index (χ4v) is 4.28. The maximum Gasteiger partial charge on any atom is 0.224 e. The van der Waals surface area contributed by atoms with Crippen molar-refractivity contribution in [1.29, 1.82) is 0 Å². The number of carbonyl (C=O) groups excluding carboxylic acids is 1. The molecule has 28 heavy (non-hydrogen) atoms. The number of fused-ring (bicyclic) bond motifs is 2. The molecule has 0 radical (unpaired) electrons. The first-order valence-corrected chi connectivity index (χ1v) is 9.76. The molecule has 0 spiro atoms. The SMILES string of the molecule is CC(C)(C)OC(O)N1C[C@@H]2[C@H](C1)[C@H]2C(=O)NC(C)(C)c1ncc2cnccn12. The first-order chi connectivity index (χ1) is 13.1. The van der Waals surface area contributed by atoms with Gasteiger partial charge in [0.05, 0.1) is 29.1 Å². The number of nitrogens with zero attached hydrogens (tertiary/aromatic N) is 4. The van der Waals surface area contributed by atoms with Crippen LogP contribution in [0.5, 0.6) is 0 Å². The fraction of sp³-hybridized carbons (Fsp3) is 0.650. The Kier molecular flexibility index (Phi) is 4.48. The summed E-state index contributed by atoms with van der Waals surface area (Å²) in [6.07, 6.45) is 6.15. The van der Waals surface area contributed by atoms with Crippen LogP contribution in [0.15, 0.2) is 24.8 Å². The number of nitrogens with one attached hydrogen (secondary N) is 1. The number of amides is 1. The van der Waals surface area contributed by atoms with Gasteiger partial charge in [-0.05, 0) is 46.5 Å². The van der Waals surface area contributed by atoms with Crippen molar-refractivity contribution >= 4 is 11.4 Å². The van der Waals surface area contributed by atoms with Gasteiger partial charge in [0.15, 0.2) is 0 Å². The number of ether oxygens (including phenoxy) is 1. The Morgan fingerprint density at radius 3 is 2.57 bits per heavy atom. The highest BCUT2D eigenvalue weighted by atomic mass is 16.6. The molecule has 4 rings (SSSR count). The predicted molar refractivity (Wildman–Crippen MR) is 103 cm³/mol. The van der Waals surface area contributed by atoms with E-state index in [1.165, 1.54) is 0 Å². The van der Waals surface area contributed by atoms with E-state index in [0.29, 0.717) is 13.1 Å². The molecule has 1 amide bonds. The zero-order chi connectivity index (χ0) is 20.3. The molecule has 2 fully saturated rings. The van der Waals surface area contributed by atoms with E-state index in [-0.39, 0.29) is 23.7 Å². The van der Waals surface area contributed by atoms with Gasteiger partial charge in [0.2, 0.25) is 12.3 Å². The lowest BCUT2D eigenvalue weighted by Gasteiger charge is -2.31. The van der Waals surface area contributed by atoms with E-state index >= 15 is 0 Å². The average molecular weight is 387 g/mol. The highest BCUT2D eigenvalue weighted by molar-refractivity contribution is 5.83. The lowest BCUT2D eigenvalue weighted by Crippen LogP contribution is -2.46. The Bertz CT molecular complexity index is 875. The molecule has 2 N–H and O–H groups in total. The molecule has 2 aromatic heterocycles. The summed E-state index contributed by atoms with van der Waals surface area (Å²) >= 11 is 0. The summed E-state index contributed by atoms with van der Waals surface area (Å²) in [5, 5.41) is 13.4. The summed E-state index contributed by atoms with van der Waals surface area (Å²) in [7, 11) is 0. The minimum atomic E-state index is -0.919. The molecular weight excluding hydrogens is 358 g/mol. The number of aliphatic hydroxyl groups is 1. The highest BCUT2D eigenvalue weighted by Crippen LogP contribution is 2.52. The smallest absolute Gasteiger partial charge is 0.224 e. The Morgan fingerprint density at radius 2 is 1.93 bits per heavy atom. The van der Waals surface area contributed by atoms with Crippen LogP contribution in [-0.4, -0.2) is 55.4 Å². The van der Waals surface area contributed by atoms with Crippen LogP contribution in [0, 0.1) is 17.8 Å². The summed E-state index contributed by atoms with van der Waals surface area (Å²) < 4.78 is 7.57. The molecule has 2 aliphatic rings. The van der Waals surface area contributed by atoms with Crippen molar-refractivity contribution < 1.29 is 14.6 Å². The van der Waals surface area contributed by atoms with Crippen molar-refractivity contribution in [3.05, 3.63) is 30.6 Å². The molecule has 1 saturated heterocycles. The van der Waals surface area contributed by atoms with Crippen molar-refractivity contribution in [2.45, 2.75) is 52.2 Å². The number of hydrogen-bond acceptors (Lipinski definition) is 6. The fourth-order valence-electron chi connectivity index (χ4n) is 4.28. The minimum Gasteiger partial charge on any atom is -0.356 e. The number of aromatic nitrogens is 3. The molecule has 3 heterocycles. The minimum absolute atomic E-state index is 0.00902. The van der Waals surface area contributed by atoms with Crippen LogP contribution >= 0.6 is 0 Å². The highest BCUT2D eigenvalue weighted by Gasteiger charge is 2.60. The Balaban J connectivity index is 1.37. The van der Waals surface area contributed by atoms with E-state index in [4.69, 9.17) is 4.74 Å². The summed E-state index contributed by atoms with van der Waals surface area (Å²) in [5.74, 6) is 1.37. The van der Waals surface area contributed by atoms with E-state index in [9.17, 15) is 9.90 Å². The van der Waals surface area contributed by atoms with Crippen LogP contribution in [-0.2, 0) is 15.1 Å². The first kappa shape index (κ1) is 19.3. The van der Waals surface area contributed by atoms with E-state index in [1.54, 1.807) is 18.6 Å². The van der Waals surface area contributed by atoms with Gasteiger partial charge in [-0.15, -0.1) is 0 Å². The second-order valence-electron chi connectivity index (χ2n) is 9.43. The average Bonchev–Trinajstić information content (AvgIpc) is 2.96.